The van der Waals surface area contributed by atoms with Gasteiger partial charge < -0.3 is 4.74 Å². The molecule has 0 bridgehead atoms. The highest BCUT2D eigenvalue weighted by atomic mass is 16.5. The maximum absolute atomic E-state index is 8.88. The Labute approximate surface area is 135 Å². The van der Waals surface area contributed by atoms with Gasteiger partial charge in [0, 0.05) is 5.56 Å². The molecular formula is C21H15NO. The van der Waals surface area contributed by atoms with Gasteiger partial charge in [-0.3, -0.25) is 0 Å². The summed E-state index contributed by atoms with van der Waals surface area (Å²) in [4.78, 5) is 0. The van der Waals surface area contributed by atoms with Crippen LogP contribution in [0.2, 0.25) is 0 Å². The molecule has 3 aromatic rings. The largest absolute Gasteiger partial charge is 0.457 e. The molecule has 0 unspecified atom stereocenters. The molecule has 0 saturated heterocycles. The summed E-state index contributed by atoms with van der Waals surface area (Å²) in [5.74, 6) is 1.47. The fourth-order valence-corrected chi connectivity index (χ4v) is 2.20. The van der Waals surface area contributed by atoms with E-state index in [2.05, 4.69) is 6.07 Å². The van der Waals surface area contributed by atoms with Crippen molar-refractivity contribution in [3.05, 3.63) is 102 Å². The molecule has 23 heavy (non-hydrogen) atoms. The average molecular weight is 297 g/mol. The quantitative estimate of drug-likeness (QED) is 0.493. The smallest absolute Gasteiger partial charge is 0.135 e. The van der Waals surface area contributed by atoms with Gasteiger partial charge in [0.25, 0.3) is 0 Å². The molecule has 0 aromatic heterocycles. The molecule has 3 aromatic carbocycles. The van der Waals surface area contributed by atoms with Crippen LogP contribution < -0.4 is 4.74 Å². The van der Waals surface area contributed by atoms with E-state index in [0.29, 0.717) is 11.3 Å². The number of benzene rings is 3. The summed E-state index contributed by atoms with van der Waals surface area (Å²) in [6, 6.07) is 29.2. The summed E-state index contributed by atoms with van der Waals surface area (Å²) in [6.45, 7) is 0. The Bertz CT molecular complexity index is 829. The lowest BCUT2D eigenvalue weighted by molar-refractivity contribution is 0.518. The lowest BCUT2D eigenvalue weighted by Gasteiger charge is -2.11. The lowest BCUT2D eigenvalue weighted by atomic mass is 10.1. The molecule has 0 fully saturated rings. The molecule has 0 amide bonds. The molecule has 0 aliphatic carbocycles. The first-order valence-electron chi connectivity index (χ1n) is 7.35. The summed E-state index contributed by atoms with van der Waals surface area (Å²) in [5, 5.41) is 8.88. The summed E-state index contributed by atoms with van der Waals surface area (Å²) < 4.78 is 6.06. The molecule has 3 rings (SSSR count). The Balaban J connectivity index is 1.95. The second-order valence-electron chi connectivity index (χ2n) is 5.02. The van der Waals surface area contributed by atoms with E-state index in [-0.39, 0.29) is 0 Å². The van der Waals surface area contributed by atoms with E-state index in [4.69, 9.17) is 10.00 Å². The number of rotatable bonds is 4. The molecule has 2 heteroatoms. The minimum Gasteiger partial charge on any atom is -0.457 e. The van der Waals surface area contributed by atoms with E-state index in [1.165, 1.54) is 0 Å². The van der Waals surface area contributed by atoms with E-state index in [1.54, 1.807) is 24.3 Å². The highest BCUT2D eigenvalue weighted by Gasteiger charge is 2.05. The van der Waals surface area contributed by atoms with Crippen molar-refractivity contribution >= 4 is 11.8 Å². The van der Waals surface area contributed by atoms with E-state index in [9.17, 15) is 0 Å². The van der Waals surface area contributed by atoms with E-state index >= 15 is 0 Å². The Morgan fingerprint density at radius 1 is 0.783 bits per heavy atom. The number of ether oxygens (including phenoxy) is 1. The van der Waals surface area contributed by atoms with Gasteiger partial charge in [0.05, 0.1) is 11.6 Å². The monoisotopic (exact) mass is 297 g/mol. The zero-order chi connectivity index (χ0) is 15.9. The van der Waals surface area contributed by atoms with Crippen molar-refractivity contribution in [2.45, 2.75) is 0 Å². The number of hydrogen-bond acceptors (Lipinski definition) is 2. The van der Waals surface area contributed by atoms with Crippen LogP contribution in [0.5, 0.6) is 5.75 Å². The molecule has 2 nitrogen and oxygen atoms in total. The lowest BCUT2D eigenvalue weighted by Crippen LogP contribution is -1.95. The Hall–Kier alpha value is -3.31. The van der Waals surface area contributed by atoms with Gasteiger partial charge in [-0.25, -0.2) is 0 Å². The predicted molar refractivity (Wildman–Crippen MR) is 92.5 cm³/mol. The van der Waals surface area contributed by atoms with Crippen LogP contribution in [0.4, 0.5) is 0 Å². The first kappa shape index (κ1) is 14.6. The summed E-state index contributed by atoms with van der Waals surface area (Å²) >= 11 is 0. The van der Waals surface area contributed by atoms with Crippen LogP contribution in [0.25, 0.3) is 11.8 Å². The fraction of sp³-hybridized carbons (Fsp3) is 0. The molecular weight excluding hydrogens is 282 g/mol. The standard InChI is InChI=1S/C21H15NO/c22-16-18-11-13-20(14-12-18)23-21(19-9-5-2-6-10-19)15-17-7-3-1-4-8-17/h1-15H/b21-15+. The van der Waals surface area contributed by atoms with Crippen LogP contribution >= 0.6 is 0 Å². The number of hydrogen-bond donors (Lipinski definition) is 0. The molecule has 0 N–H and O–H groups in total. The van der Waals surface area contributed by atoms with Crippen molar-refractivity contribution < 1.29 is 4.74 Å². The fourth-order valence-electron chi connectivity index (χ4n) is 2.20. The highest BCUT2D eigenvalue weighted by molar-refractivity contribution is 5.78. The van der Waals surface area contributed by atoms with Gasteiger partial charge in [0.1, 0.15) is 11.5 Å². The molecule has 0 heterocycles. The van der Waals surface area contributed by atoms with Crippen molar-refractivity contribution in [3.63, 3.8) is 0 Å². The van der Waals surface area contributed by atoms with Crippen LogP contribution in [-0.2, 0) is 0 Å². The third-order valence-corrected chi connectivity index (χ3v) is 3.37. The van der Waals surface area contributed by atoms with E-state index in [0.717, 1.165) is 16.9 Å². The molecule has 0 radical (unpaired) electrons. The normalized spacial score (nSPS) is 10.8. The van der Waals surface area contributed by atoms with Gasteiger partial charge in [0.15, 0.2) is 0 Å². The van der Waals surface area contributed by atoms with Gasteiger partial charge >= 0.3 is 0 Å². The second kappa shape index (κ2) is 7.11. The van der Waals surface area contributed by atoms with Gasteiger partial charge in [-0.1, -0.05) is 60.7 Å². The molecule has 0 saturated carbocycles. The summed E-state index contributed by atoms with van der Waals surface area (Å²) in [6.07, 6.45) is 2.01. The van der Waals surface area contributed by atoms with Crippen LogP contribution in [0.1, 0.15) is 16.7 Å². The summed E-state index contributed by atoms with van der Waals surface area (Å²) in [5.41, 5.74) is 2.69. The van der Waals surface area contributed by atoms with Crippen LogP contribution in [-0.4, -0.2) is 0 Å². The van der Waals surface area contributed by atoms with Crippen molar-refractivity contribution in [1.82, 2.24) is 0 Å². The minimum atomic E-state index is 0.616. The zero-order valence-electron chi connectivity index (χ0n) is 12.5. The Morgan fingerprint density at radius 2 is 1.39 bits per heavy atom. The summed E-state index contributed by atoms with van der Waals surface area (Å²) in [7, 11) is 0. The van der Waals surface area contributed by atoms with E-state index in [1.807, 2.05) is 66.7 Å². The molecule has 0 aliphatic heterocycles. The van der Waals surface area contributed by atoms with Crippen molar-refractivity contribution in [1.29, 1.82) is 5.26 Å². The maximum atomic E-state index is 8.88. The molecule has 110 valence electrons. The first-order chi connectivity index (χ1) is 11.3. The van der Waals surface area contributed by atoms with E-state index < -0.39 is 0 Å². The zero-order valence-corrected chi connectivity index (χ0v) is 12.5. The third kappa shape index (κ3) is 3.87. The van der Waals surface area contributed by atoms with Gasteiger partial charge in [0.2, 0.25) is 0 Å². The third-order valence-electron chi connectivity index (χ3n) is 3.37. The predicted octanol–water partition coefficient (Wildman–Crippen LogP) is 5.14. The first-order valence-corrected chi connectivity index (χ1v) is 7.35. The van der Waals surface area contributed by atoms with Crippen LogP contribution in [0, 0.1) is 11.3 Å². The van der Waals surface area contributed by atoms with Gasteiger partial charge in [-0.15, -0.1) is 0 Å². The minimum absolute atomic E-state index is 0.616. The second-order valence-corrected chi connectivity index (χ2v) is 5.02. The number of nitrogens with zero attached hydrogens (tertiary/aromatic N) is 1. The average Bonchev–Trinajstić information content (AvgIpc) is 2.63. The number of nitriles is 1. The van der Waals surface area contributed by atoms with Gasteiger partial charge in [-0.2, -0.15) is 5.26 Å². The molecule has 0 aliphatic rings. The Kier molecular flexibility index (Phi) is 4.52. The highest BCUT2D eigenvalue weighted by Crippen LogP contribution is 2.23. The molecule has 0 atom stereocenters. The van der Waals surface area contributed by atoms with Crippen molar-refractivity contribution in [2.24, 2.45) is 0 Å². The SMILES string of the molecule is N#Cc1ccc(O/C(=C/c2ccccc2)c2ccccc2)cc1. The van der Waals surface area contributed by atoms with Crippen LogP contribution in [0.15, 0.2) is 84.9 Å². The van der Waals surface area contributed by atoms with Gasteiger partial charge in [-0.05, 0) is 35.9 Å². The van der Waals surface area contributed by atoms with Crippen molar-refractivity contribution in [2.75, 3.05) is 0 Å². The Morgan fingerprint density at radius 3 is 2.00 bits per heavy atom. The molecule has 0 spiro atoms. The van der Waals surface area contributed by atoms with Crippen molar-refractivity contribution in [3.8, 4) is 11.8 Å². The topological polar surface area (TPSA) is 33.0 Å². The van der Waals surface area contributed by atoms with Crippen LogP contribution in [0.3, 0.4) is 0 Å². The maximum Gasteiger partial charge on any atom is 0.135 e.